The third kappa shape index (κ3) is 42.8. The van der Waals surface area contributed by atoms with Crippen LogP contribution in [-0.2, 0) is 18.4 Å². The highest BCUT2D eigenvalue weighted by Crippen LogP contribution is 2.43. The van der Waals surface area contributed by atoms with Crippen molar-refractivity contribution in [2.24, 2.45) is 0 Å². The fourth-order valence-electron chi connectivity index (χ4n) is 6.99. The smallest absolute Gasteiger partial charge is 0.391 e. The lowest BCUT2D eigenvalue weighted by Crippen LogP contribution is -2.46. The van der Waals surface area contributed by atoms with Gasteiger partial charge in [-0.25, -0.2) is 4.57 Å². The maximum Gasteiger partial charge on any atom is 0.472 e. The Balaban J connectivity index is 4.09. The first-order valence-electron chi connectivity index (χ1n) is 24.4. The average molecular weight is 840 g/mol. The molecule has 0 bridgehead atoms. The summed E-state index contributed by atoms with van der Waals surface area (Å²) in [6, 6.07) is -0.759. The molecule has 0 heterocycles. The largest absolute Gasteiger partial charge is 0.472 e. The van der Waals surface area contributed by atoms with Gasteiger partial charge in [0.2, 0.25) is 5.91 Å². The van der Waals surface area contributed by atoms with Crippen molar-refractivity contribution in [3.63, 3.8) is 0 Å². The third-order valence-electron chi connectivity index (χ3n) is 10.9. The van der Waals surface area contributed by atoms with Crippen LogP contribution in [0.4, 0.5) is 0 Å². The minimum Gasteiger partial charge on any atom is -0.391 e. The van der Waals surface area contributed by atoms with Gasteiger partial charge in [0.1, 0.15) is 13.2 Å². The molecule has 0 aromatic carbocycles. The highest BCUT2D eigenvalue weighted by atomic mass is 31.2. The van der Waals surface area contributed by atoms with E-state index in [-0.39, 0.29) is 19.1 Å². The van der Waals surface area contributed by atoms with Gasteiger partial charge in [-0.1, -0.05) is 198 Å². The molecule has 0 aromatic heterocycles. The zero-order chi connectivity index (χ0) is 42.8. The van der Waals surface area contributed by atoms with Crippen LogP contribution in [0.1, 0.15) is 219 Å². The van der Waals surface area contributed by atoms with Crippen LogP contribution in [-0.4, -0.2) is 73.4 Å². The van der Waals surface area contributed by atoms with Gasteiger partial charge in [0.25, 0.3) is 0 Å². The van der Waals surface area contributed by atoms with E-state index < -0.39 is 20.0 Å². The van der Waals surface area contributed by atoms with Crippen LogP contribution in [0.2, 0.25) is 0 Å². The molecule has 8 nitrogen and oxygen atoms in total. The SMILES string of the molecule is CCCCCCC/C=C\C/C=C\C/C=C\CCCCCCCCCCCCCCC(=O)NC(COP(=O)(O)OCC[N+](C)(C)C)C(O)CCCCCCCCCCC. The molecular formula is C49H96N2O6P+. The van der Waals surface area contributed by atoms with Gasteiger partial charge in [-0.3, -0.25) is 13.8 Å². The lowest BCUT2D eigenvalue weighted by molar-refractivity contribution is -0.870. The van der Waals surface area contributed by atoms with Gasteiger partial charge >= 0.3 is 7.82 Å². The second-order valence-corrected chi connectivity index (χ2v) is 19.3. The first-order chi connectivity index (χ1) is 28.0. The molecule has 3 N–H and O–H groups in total. The number of aliphatic hydroxyl groups is 1. The Morgan fingerprint density at radius 1 is 0.586 bits per heavy atom. The number of unbranched alkanes of at least 4 members (excludes halogenated alkanes) is 25. The topological polar surface area (TPSA) is 105 Å². The monoisotopic (exact) mass is 840 g/mol. The number of likely N-dealkylation sites (N-methyl/N-ethyl adjacent to an activating group) is 1. The second-order valence-electron chi connectivity index (χ2n) is 17.8. The summed E-state index contributed by atoms with van der Waals surface area (Å²) in [4.78, 5) is 23.1. The molecule has 342 valence electrons. The molecule has 9 heteroatoms. The van der Waals surface area contributed by atoms with Gasteiger partial charge in [-0.15, -0.1) is 0 Å². The van der Waals surface area contributed by atoms with Gasteiger partial charge in [0.05, 0.1) is 39.9 Å². The second kappa shape index (κ2) is 41.1. The average Bonchev–Trinajstić information content (AvgIpc) is 3.17. The molecule has 58 heavy (non-hydrogen) atoms. The van der Waals surface area contributed by atoms with E-state index in [1.807, 2.05) is 21.1 Å². The Hall–Kier alpha value is -1.28. The summed E-state index contributed by atoms with van der Waals surface area (Å²) in [5, 5.41) is 13.9. The third-order valence-corrected chi connectivity index (χ3v) is 11.9. The maximum atomic E-state index is 12.9. The standard InChI is InChI=1S/C49H95N2O6P/c1-6-8-10-12-14-16-17-18-19-20-21-22-23-24-25-26-27-28-29-30-31-32-33-35-37-39-41-43-49(53)50-47(46-57-58(54,55)56-45-44-51(3,4)5)48(52)42-40-38-36-34-15-13-11-9-7-2/h17-18,20-21,23-24,47-48,52H,6-16,19,22,25-46H2,1-5H3,(H-,50,53,54,55)/p+1/b18-17-,21-20-,24-23-. The van der Waals surface area contributed by atoms with Crippen molar-refractivity contribution >= 4 is 13.7 Å². The van der Waals surface area contributed by atoms with Crippen LogP contribution >= 0.6 is 7.82 Å². The Morgan fingerprint density at radius 3 is 1.43 bits per heavy atom. The summed E-state index contributed by atoms with van der Waals surface area (Å²) >= 11 is 0. The number of quaternary nitrogens is 1. The number of allylic oxidation sites excluding steroid dienone is 6. The van der Waals surface area contributed by atoms with E-state index in [4.69, 9.17) is 9.05 Å². The van der Waals surface area contributed by atoms with Gasteiger partial charge in [0.15, 0.2) is 0 Å². The first kappa shape index (κ1) is 56.7. The maximum absolute atomic E-state index is 12.9. The fraction of sp³-hybridized carbons (Fsp3) is 0.857. The number of rotatable bonds is 44. The fourth-order valence-corrected chi connectivity index (χ4v) is 7.73. The number of nitrogens with zero attached hydrogens (tertiary/aromatic N) is 1. The van der Waals surface area contributed by atoms with Crippen molar-refractivity contribution in [3.8, 4) is 0 Å². The molecule has 0 aromatic rings. The zero-order valence-electron chi connectivity index (χ0n) is 38.8. The molecule has 0 saturated carbocycles. The number of phosphoric acid groups is 1. The minimum absolute atomic E-state index is 0.0739. The highest BCUT2D eigenvalue weighted by molar-refractivity contribution is 7.47. The number of hydrogen-bond donors (Lipinski definition) is 3. The van der Waals surface area contributed by atoms with Crippen LogP contribution in [0.5, 0.6) is 0 Å². The van der Waals surface area contributed by atoms with E-state index in [0.29, 0.717) is 23.9 Å². The van der Waals surface area contributed by atoms with Crippen molar-refractivity contribution < 1.29 is 32.9 Å². The molecule has 0 aliphatic rings. The minimum atomic E-state index is -4.31. The predicted octanol–water partition coefficient (Wildman–Crippen LogP) is 13.9. The summed E-state index contributed by atoms with van der Waals surface area (Å²) < 4.78 is 23.6. The molecular weight excluding hydrogens is 744 g/mol. The Labute approximate surface area is 359 Å². The van der Waals surface area contributed by atoms with Crippen molar-refractivity contribution in [1.82, 2.24) is 5.32 Å². The molecule has 0 spiro atoms. The number of phosphoric ester groups is 1. The molecule has 0 radical (unpaired) electrons. The Bertz CT molecular complexity index is 1040. The van der Waals surface area contributed by atoms with Crippen molar-refractivity contribution in [2.45, 2.75) is 231 Å². The molecule has 0 aliphatic heterocycles. The van der Waals surface area contributed by atoms with Gasteiger partial charge < -0.3 is 19.8 Å². The number of amides is 1. The van der Waals surface area contributed by atoms with E-state index in [1.54, 1.807) is 0 Å². The lowest BCUT2D eigenvalue weighted by Gasteiger charge is -2.26. The molecule has 1 amide bonds. The summed E-state index contributed by atoms with van der Waals surface area (Å²) in [5.74, 6) is -0.149. The van der Waals surface area contributed by atoms with Crippen molar-refractivity contribution in [3.05, 3.63) is 36.5 Å². The van der Waals surface area contributed by atoms with Crippen molar-refractivity contribution in [2.75, 3.05) is 40.9 Å². The van der Waals surface area contributed by atoms with Crippen LogP contribution in [0, 0.1) is 0 Å². The van der Waals surface area contributed by atoms with Crippen LogP contribution in [0.25, 0.3) is 0 Å². The summed E-state index contributed by atoms with van der Waals surface area (Å²) in [5.41, 5.74) is 0. The highest BCUT2D eigenvalue weighted by Gasteiger charge is 2.28. The van der Waals surface area contributed by atoms with Gasteiger partial charge in [-0.05, 0) is 51.4 Å². The van der Waals surface area contributed by atoms with Crippen LogP contribution in [0.15, 0.2) is 36.5 Å². The Kier molecular flexibility index (Phi) is 40.2. The first-order valence-corrected chi connectivity index (χ1v) is 25.8. The lowest BCUT2D eigenvalue weighted by atomic mass is 10.0. The van der Waals surface area contributed by atoms with Gasteiger partial charge in [0, 0.05) is 6.42 Å². The predicted molar refractivity (Wildman–Crippen MR) is 249 cm³/mol. The van der Waals surface area contributed by atoms with E-state index in [9.17, 15) is 19.4 Å². The van der Waals surface area contributed by atoms with E-state index in [2.05, 4.69) is 55.6 Å². The number of hydrogen-bond acceptors (Lipinski definition) is 5. The quantitative estimate of drug-likeness (QED) is 0.0244. The number of carbonyl (C=O) groups is 1. The molecule has 0 saturated heterocycles. The van der Waals surface area contributed by atoms with Crippen LogP contribution in [0.3, 0.4) is 0 Å². The normalized spacial score (nSPS) is 14.5. The molecule has 0 aliphatic carbocycles. The van der Waals surface area contributed by atoms with E-state index in [0.717, 1.165) is 51.4 Å². The summed E-state index contributed by atoms with van der Waals surface area (Å²) in [7, 11) is 1.61. The number of aliphatic hydroxyl groups excluding tert-OH is 1. The van der Waals surface area contributed by atoms with Gasteiger partial charge in [-0.2, -0.15) is 0 Å². The molecule has 0 fully saturated rings. The van der Waals surface area contributed by atoms with Crippen LogP contribution < -0.4 is 5.32 Å². The van der Waals surface area contributed by atoms with Crippen molar-refractivity contribution in [1.29, 1.82) is 0 Å². The number of carbonyl (C=O) groups excluding carboxylic acids is 1. The van der Waals surface area contributed by atoms with E-state index >= 15 is 0 Å². The Morgan fingerprint density at radius 2 is 0.983 bits per heavy atom. The summed E-state index contributed by atoms with van der Waals surface area (Å²) in [6.45, 7) is 4.85. The van der Waals surface area contributed by atoms with E-state index in [1.165, 1.54) is 141 Å². The zero-order valence-corrected chi connectivity index (χ0v) is 39.7. The molecule has 3 unspecified atom stereocenters. The molecule has 3 atom stereocenters. The molecule has 0 rings (SSSR count). The summed E-state index contributed by atoms with van der Waals surface area (Å²) in [6.07, 6.45) is 50.5. The number of nitrogens with one attached hydrogen (secondary N) is 1.